The average molecular weight is 520 g/mol. The number of carboxylic acids is 1. The predicted octanol–water partition coefficient (Wildman–Crippen LogP) is 7.18. The molecule has 0 aliphatic carbocycles. The molecule has 0 saturated carbocycles. The maximum atomic E-state index is 13.0. The number of Topliss-reactive ketones (excluding diaryl/α,β-unsaturated/α-hetero) is 1. The number of rotatable bonds is 11. The van der Waals surface area contributed by atoms with Crippen LogP contribution in [0, 0.1) is 0 Å². The van der Waals surface area contributed by atoms with Gasteiger partial charge in [-0.15, -0.1) is 11.3 Å². The van der Waals surface area contributed by atoms with Gasteiger partial charge in [0, 0.05) is 22.4 Å². The van der Waals surface area contributed by atoms with Crippen LogP contribution in [-0.4, -0.2) is 28.4 Å². The fourth-order valence-electron chi connectivity index (χ4n) is 3.79. The average Bonchev–Trinajstić information content (AvgIpc) is 3.26. The Hall–Kier alpha value is -3.20. The van der Waals surface area contributed by atoms with Crippen molar-refractivity contribution >= 4 is 23.1 Å². The van der Waals surface area contributed by atoms with E-state index in [4.69, 9.17) is 9.84 Å². The molecule has 0 atom stereocenters. The summed E-state index contributed by atoms with van der Waals surface area (Å²) in [5, 5.41) is 9.49. The van der Waals surface area contributed by atoms with E-state index in [1.54, 1.807) is 18.2 Å². The van der Waals surface area contributed by atoms with E-state index in [1.807, 2.05) is 20.8 Å². The van der Waals surface area contributed by atoms with Crippen LogP contribution in [0.15, 0.2) is 42.5 Å². The van der Waals surface area contributed by atoms with Gasteiger partial charge in [0.1, 0.15) is 10.8 Å². The number of alkyl halides is 3. The molecule has 0 unspecified atom stereocenters. The molecule has 3 aromatic rings. The maximum absolute atomic E-state index is 13.0. The number of ketones is 1. The minimum atomic E-state index is -4.40. The van der Waals surface area contributed by atoms with E-state index in [1.165, 1.54) is 23.5 Å². The van der Waals surface area contributed by atoms with Crippen molar-refractivity contribution in [3.8, 4) is 16.3 Å². The largest absolute Gasteiger partial charge is 0.482 e. The number of carbonyl (C=O) groups is 2. The first-order valence-corrected chi connectivity index (χ1v) is 12.5. The SMILES string of the molecule is CCCc1cc(C(=O)CCc2sc(-c3ccc(C(F)(F)F)cc3)nc2C(C)C)ccc1OCC(=O)O. The van der Waals surface area contributed by atoms with Gasteiger partial charge in [-0.2, -0.15) is 13.2 Å². The molecule has 0 bridgehead atoms. The Morgan fingerprint density at radius 3 is 2.36 bits per heavy atom. The number of thiazole rings is 1. The molecule has 1 aromatic heterocycles. The third kappa shape index (κ3) is 6.94. The molecule has 1 N–H and O–H groups in total. The van der Waals surface area contributed by atoms with Gasteiger partial charge in [-0.1, -0.05) is 39.3 Å². The molecule has 2 aromatic carbocycles. The highest BCUT2D eigenvalue weighted by Crippen LogP contribution is 2.35. The van der Waals surface area contributed by atoms with Crippen LogP contribution in [0.25, 0.3) is 10.6 Å². The third-order valence-corrected chi connectivity index (χ3v) is 6.75. The summed E-state index contributed by atoms with van der Waals surface area (Å²) >= 11 is 1.39. The molecule has 0 amide bonds. The van der Waals surface area contributed by atoms with E-state index >= 15 is 0 Å². The Kier molecular flexibility index (Phi) is 8.89. The fraction of sp³-hybridized carbons (Fsp3) is 0.370. The molecule has 0 saturated heterocycles. The quantitative estimate of drug-likeness (QED) is 0.272. The van der Waals surface area contributed by atoms with Crippen LogP contribution >= 0.6 is 11.3 Å². The van der Waals surface area contributed by atoms with Crippen LogP contribution in [0.2, 0.25) is 0 Å². The lowest BCUT2D eigenvalue weighted by Crippen LogP contribution is -2.11. The lowest BCUT2D eigenvalue weighted by molar-refractivity contribution is -0.139. The fourth-order valence-corrected chi connectivity index (χ4v) is 5.01. The smallest absolute Gasteiger partial charge is 0.416 e. The van der Waals surface area contributed by atoms with Crippen molar-refractivity contribution in [1.82, 2.24) is 4.98 Å². The first-order chi connectivity index (χ1) is 17.0. The van der Waals surface area contributed by atoms with Crippen molar-refractivity contribution in [2.24, 2.45) is 0 Å². The van der Waals surface area contributed by atoms with Gasteiger partial charge in [-0.05, 0) is 54.7 Å². The number of carboxylic acid groups (broad SMARTS) is 1. The van der Waals surface area contributed by atoms with E-state index < -0.39 is 24.3 Å². The minimum absolute atomic E-state index is 0.0590. The van der Waals surface area contributed by atoms with Gasteiger partial charge in [0.2, 0.25) is 0 Å². The van der Waals surface area contributed by atoms with E-state index in [0.29, 0.717) is 34.7 Å². The lowest BCUT2D eigenvalue weighted by atomic mass is 9.99. The standard InChI is InChI=1S/C27H28F3NO4S/c1-4-5-19-14-18(8-12-22(19)35-15-24(33)34)21(32)11-13-23-25(16(2)3)31-26(36-23)17-6-9-20(10-7-17)27(28,29)30/h6-10,12,14,16H,4-5,11,13,15H2,1-3H3,(H,33,34). The van der Waals surface area contributed by atoms with Crippen LogP contribution in [-0.2, 0) is 23.8 Å². The third-order valence-electron chi connectivity index (χ3n) is 5.57. The Morgan fingerprint density at radius 2 is 1.78 bits per heavy atom. The van der Waals surface area contributed by atoms with Crippen molar-refractivity contribution in [1.29, 1.82) is 0 Å². The molecular weight excluding hydrogens is 491 g/mol. The highest BCUT2D eigenvalue weighted by molar-refractivity contribution is 7.15. The topological polar surface area (TPSA) is 76.5 Å². The van der Waals surface area contributed by atoms with Crippen molar-refractivity contribution in [3.63, 3.8) is 0 Å². The van der Waals surface area contributed by atoms with E-state index in [0.717, 1.165) is 34.7 Å². The first kappa shape index (κ1) is 27.4. The summed E-state index contributed by atoms with van der Waals surface area (Å²) in [5.41, 5.74) is 2.05. The number of carbonyl (C=O) groups excluding carboxylic acids is 1. The zero-order valence-corrected chi connectivity index (χ0v) is 21.1. The number of hydrogen-bond acceptors (Lipinski definition) is 5. The minimum Gasteiger partial charge on any atom is -0.482 e. The maximum Gasteiger partial charge on any atom is 0.416 e. The number of aryl methyl sites for hydroxylation is 2. The number of halogens is 3. The molecule has 192 valence electrons. The Bertz CT molecular complexity index is 1220. The first-order valence-electron chi connectivity index (χ1n) is 11.7. The summed E-state index contributed by atoms with van der Waals surface area (Å²) in [4.78, 5) is 29.4. The van der Waals surface area contributed by atoms with Crippen LogP contribution < -0.4 is 4.74 Å². The van der Waals surface area contributed by atoms with Gasteiger partial charge in [0.15, 0.2) is 12.4 Å². The molecule has 3 rings (SSSR count). The molecule has 0 aliphatic rings. The summed E-state index contributed by atoms with van der Waals surface area (Å²) in [7, 11) is 0. The number of benzene rings is 2. The monoisotopic (exact) mass is 519 g/mol. The summed E-state index contributed by atoms with van der Waals surface area (Å²) in [6.07, 6.45) is -2.22. The van der Waals surface area contributed by atoms with Crippen LogP contribution in [0.5, 0.6) is 5.75 Å². The van der Waals surface area contributed by atoms with Crippen LogP contribution in [0.1, 0.15) is 71.6 Å². The van der Waals surface area contributed by atoms with Gasteiger partial charge in [-0.3, -0.25) is 4.79 Å². The van der Waals surface area contributed by atoms with E-state index in [-0.39, 0.29) is 18.1 Å². The zero-order valence-electron chi connectivity index (χ0n) is 20.3. The molecule has 0 spiro atoms. The molecule has 0 aliphatic heterocycles. The summed E-state index contributed by atoms with van der Waals surface area (Å²) in [6.45, 7) is 5.52. The summed E-state index contributed by atoms with van der Waals surface area (Å²) in [5.74, 6) is -0.576. The lowest BCUT2D eigenvalue weighted by Gasteiger charge is -2.11. The van der Waals surface area contributed by atoms with Crippen molar-refractivity contribution in [2.75, 3.05) is 6.61 Å². The van der Waals surface area contributed by atoms with Crippen molar-refractivity contribution in [2.45, 2.75) is 58.5 Å². The molecule has 0 fully saturated rings. The van der Waals surface area contributed by atoms with Gasteiger partial charge >= 0.3 is 12.1 Å². The second-order valence-electron chi connectivity index (χ2n) is 8.74. The Morgan fingerprint density at radius 1 is 1.08 bits per heavy atom. The summed E-state index contributed by atoms with van der Waals surface area (Å²) in [6, 6.07) is 9.97. The normalized spacial score (nSPS) is 11.6. The second-order valence-corrected chi connectivity index (χ2v) is 9.82. The van der Waals surface area contributed by atoms with Crippen molar-refractivity contribution < 1.29 is 32.6 Å². The molecule has 1 heterocycles. The predicted molar refractivity (Wildman–Crippen MR) is 133 cm³/mol. The van der Waals surface area contributed by atoms with Crippen LogP contribution in [0.3, 0.4) is 0 Å². The number of nitrogens with zero attached hydrogens (tertiary/aromatic N) is 1. The highest BCUT2D eigenvalue weighted by Gasteiger charge is 2.30. The van der Waals surface area contributed by atoms with Crippen molar-refractivity contribution in [3.05, 3.63) is 69.7 Å². The molecule has 0 radical (unpaired) electrons. The molecule has 5 nitrogen and oxygen atoms in total. The van der Waals surface area contributed by atoms with Gasteiger partial charge in [-0.25, -0.2) is 9.78 Å². The molecule has 36 heavy (non-hydrogen) atoms. The van der Waals surface area contributed by atoms with E-state index in [9.17, 15) is 22.8 Å². The number of ether oxygens (including phenoxy) is 1. The van der Waals surface area contributed by atoms with Gasteiger partial charge in [0.25, 0.3) is 0 Å². The number of aromatic nitrogens is 1. The van der Waals surface area contributed by atoms with Gasteiger partial charge in [0.05, 0.1) is 11.3 Å². The van der Waals surface area contributed by atoms with E-state index in [2.05, 4.69) is 4.98 Å². The van der Waals surface area contributed by atoms with Gasteiger partial charge < -0.3 is 9.84 Å². The molecular formula is C27H28F3NO4S. The highest BCUT2D eigenvalue weighted by atomic mass is 32.1. The Balaban J connectivity index is 1.77. The second kappa shape index (κ2) is 11.7. The van der Waals surface area contributed by atoms with Crippen LogP contribution in [0.4, 0.5) is 13.2 Å². The summed E-state index contributed by atoms with van der Waals surface area (Å²) < 4.78 is 44.0. The zero-order chi connectivity index (χ0) is 26.5. The number of aliphatic carboxylic acids is 1. The molecule has 9 heteroatoms. The number of hydrogen-bond donors (Lipinski definition) is 1. The Labute approximate surface area is 212 Å².